The Bertz CT molecular complexity index is 409. The summed E-state index contributed by atoms with van der Waals surface area (Å²) in [5.74, 6) is -0.276. The first-order chi connectivity index (χ1) is 8.48. The van der Waals surface area contributed by atoms with Crippen LogP contribution < -0.4 is 5.32 Å². The summed E-state index contributed by atoms with van der Waals surface area (Å²) in [5, 5.41) is 12.4. The van der Waals surface area contributed by atoms with Crippen molar-refractivity contribution in [2.45, 2.75) is 37.6 Å². The van der Waals surface area contributed by atoms with Gasteiger partial charge in [0.25, 0.3) is 0 Å². The summed E-state index contributed by atoms with van der Waals surface area (Å²) in [6.07, 6.45) is 0.929. The van der Waals surface area contributed by atoms with Gasteiger partial charge in [-0.3, -0.25) is 4.79 Å². The smallest absolute Gasteiger partial charge is 0.324 e. The fourth-order valence-electron chi connectivity index (χ4n) is 1.52. The summed E-state index contributed by atoms with van der Waals surface area (Å²) in [4.78, 5) is 12.5. The van der Waals surface area contributed by atoms with E-state index in [1.807, 2.05) is 32.0 Å². The normalized spacial score (nSPS) is 14.2. The average Bonchev–Trinajstić information content (AvgIpc) is 2.34. The molecule has 0 bridgehead atoms. The van der Waals surface area contributed by atoms with E-state index in [2.05, 4.69) is 11.4 Å². The molecular weight excluding hydrogens is 246 g/mol. The zero-order valence-corrected chi connectivity index (χ0v) is 12.0. The number of carboxylic acid groups (broad SMARTS) is 1. The molecule has 0 radical (unpaired) electrons. The predicted molar refractivity (Wildman–Crippen MR) is 76.2 cm³/mol. The van der Waals surface area contributed by atoms with Crippen LogP contribution in [0.5, 0.6) is 0 Å². The summed E-state index contributed by atoms with van der Waals surface area (Å²) in [6.45, 7) is 6.53. The van der Waals surface area contributed by atoms with Crippen LogP contribution in [0.15, 0.2) is 29.2 Å². The summed E-state index contributed by atoms with van der Waals surface area (Å²) in [5.41, 5.74) is 0.322. The highest BCUT2D eigenvalue weighted by Gasteiger charge is 2.32. The van der Waals surface area contributed by atoms with Gasteiger partial charge in [-0.05, 0) is 38.9 Å². The van der Waals surface area contributed by atoms with Gasteiger partial charge in [0.05, 0.1) is 0 Å². The number of rotatable bonds is 7. The zero-order valence-electron chi connectivity index (χ0n) is 11.2. The Kier molecular flexibility index (Phi) is 5.69. The minimum atomic E-state index is -0.871. The molecule has 0 fully saturated rings. The van der Waals surface area contributed by atoms with E-state index in [9.17, 15) is 9.90 Å². The second-order valence-electron chi connectivity index (χ2n) is 4.67. The van der Waals surface area contributed by atoms with Crippen molar-refractivity contribution in [3.8, 4) is 0 Å². The third-order valence-electron chi connectivity index (χ3n) is 2.75. The number of benzene rings is 1. The van der Waals surface area contributed by atoms with Gasteiger partial charge < -0.3 is 10.4 Å². The molecule has 1 aromatic rings. The molecule has 2 N–H and O–H groups in total. The Morgan fingerprint density at radius 3 is 2.78 bits per heavy atom. The third-order valence-corrected chi connectivity index (χ3v) is 4.06. The fraction of sp³-hybridized carbons (Fsp3) is 0.500. The van der Waals surface area contributed by atoms with E-state index in [0.717, 1.165) is 17.9 Å². The van der Waals surface area contributed by atoms with Crippen LogP contribution in [0.4, 0.5) is 0 Å². The average molecular weight is 267 g/mol. The van der Waals surface area contributed by atoms with Gasteiger partial charge in [-0.1, -0.05) is 24.6 Å². The molecule has 18 heavy (non-hydrogen) atoms. The molecule has 0 aliphatic heterocycles. The zero-order chi connectivity index (χ0) is 13.6. The lowest BCUT2D eigenvalue weighted by molar-refractivity contribution is -0.143. The van der Waals surface area contributed by atoms with E-state index in [4.69, 9.17) is 0 Å². The van der Waals surface area contributed by atoms with Crippen LogP contribution in [0.2, 0.25) is 0 Å². The quantitative estimate of drug-likeness (QED) is 0.746. The van der Waals surface area contributed by atoms with E-state index in [0.29, 0.717) is 5.75 Å². The number of carbonyl (C=O) groups is 1. The summed E-state index contributed by atoms with van der Waals surface area (Å²) in [7, 11) is 0. The molecule has 100 valence electrons. The topological polar surface area (TPSA) is 49.3 Å². The molecule has 0 aromatic heterocycles. The fourth-order valence-corrected chi connectivity index (χ4v) is 2.65. The Morgan fingerprint density at radius 2 is 2.22 bits per heavy atom. The van der Waals surface area contributed by atoms with Crippen LogP contribution in [0, 0.1) is 6.92 Å². The predicted octanol–water partition coefficient (Wildman–Crippen LogP) is 2.93. The molecule has 0 aliphatic carbocycles. The maximum atomic E-state index is 11.3. The molecule has 0 spiro atoms. The molecule has 1 atom stereocenters. The van der Waals surface area contributed by atoms with Gasteiger partial charge in [0.1, 0.15) is 5.54 Å². The van der Waals surface area contributed by atoms with Crippen molar-refractivity contribution in [2.24, 2.45) is 0 Å². The maximum Gasteiger partial charge on any atom is 0.324 e. The van der Waals surface area contributed by atoms with Crippen molar-refractivity contribution in [3.63, 3.8) is 0 Å². The van der Waals surface area contributed by atoms with Crippen LogP contribution in [0.1, 0.15) is 25.8 Å². The first-order valence-corrected chi connectivity index (χ1v) is 7.14. The molecule has 1 rings (SSSR count). The lowest BCUT2D eigenvalue weighted by Gasteiger charge is -2.25. The Labute approximate surface area is 113 Å². The number of thioether (sulfide) groups is 1. The number of hydrogen-bond donors (Lipinski definition) is 2. The van der Waals surface area contributed by atoms with Gasteiger partial charge in [0.2, 0.25) is 0 Å². The van der Waals surface area contributed by atoms with E-state index >= 15 is 0 Å². The number of aliphatic carboxylic acids is 1. The Morgan fingerprint density at radius 1 is 1.50 bits per heavy atom. The highest BCUT2D eigenvalue weighted by Crippen LogP contribution is 2.23. The van der Waals surface area contributed by atoms with Gasteiger partial charge in [-0.25, -0.2) is 0 Å². The SMILES string of the molecule is CCCNC(C)(CSc1cccc(C)c1)C(=O)O. The largest absolute Gasteiger partial charge is 0.480 e. The summed E-state index contributed by atoms with van der Waals surface area (Å²) >= 11 is 1.58. The van der Waals surface area contributed by atoms with Crippen LogP contribution in [-0.4, -0.2) is 28.9 Å². The molecule has 0 aliphatic rings. The highest BCUT2D eigenvalue weighted by molar-refractivity contribution is 7.99. The van der Waals surface area contributed by atoms with Crippen LogP contribution >= 0.6 is 11.8 Å². The number of carboxylic acids is 1. The van der Waals surface area contributed by atoms with Crippen LogP contribution in [0.3, 0.4) is 0 Å². The van der Waals surface area contributed by atoms with Crippen molar-refractivity contribution in [3.05, 3.63) is 29.8 Å². The van der Waals surface area contributed by atoms with E-state index in [1.54, 1.807) is 18.7 Å². The molecule has 0 heterocycles. The van der Waals surface area contributed by atoms with Crippen LogP contribution in [-0.2, 0) is 4.79 Å². The minimum absolute atomic E-state index is 0.520. The van der Waals surface area contributed by atoms with Crippen LogP contribution in [0.25, 0.3) is 0 Å². The molecule has 3 nitrogen and oxygen atoms in total. The second kappa shape index (κ2) is 6.81. The number of nitrogens with one attached hydrogen (secondary N) is 1. The van der Waals surface area contributed by atoms with E-state index < -0.39 is 11.5 Å². The molecule has 1 aromatic carbocycles. The van der Waals surface area contributed by atoms with E-state index in [-0.39, 0.29) is 0 Å². The lowest BCUT2D eigenvalue weighted by atomic mass is 10.1. The maximum absolute atomic E-state index is 11.3. The monoisotopic (exact) mass is 267 g/mol. The van der Waals surface area contributed by atoms with Gasteiger partial charge in [-0.2, -0.15) is 0 Å². The summed E-state index contributed by atoms with van der Waals surface area (Å²) < 4.78 is 0. The van der Waals surface area contributed by atoms with Gasteiger partial charge in [-0.15, -0.1) is 11.8 Å². The van der Waals surface area contributed by atoms with Crippen molar-refractivity contribution in [2.75, 3.05) is 12.3 Å². The van der Waals surface area contributed by atoms with Gasteiger partial charge in [0, 0.05) is 10.6 Å². The second-order valence-corrected chi connectivity index (χ2v) is 5.72. The standard InChI is InChI=1S/C14H21NO2S/c1-4-8-15-14(3,13(16)17)10-18-12-7-5-6-11(2)9-12/h5-7,9,15H,4,8,10H2,1-3H3,(H,16,17). The number of aryl methyl sites for hydroxylation is 1. The molecule has 4 heteroatoms. The van der Waals surface area contributed by atoms with Crippen molar-refractivity contribution >= 4 is 17.7 Å². The lowest BCUT2D eigenvalue weighted by Crippen LogP contribution is -2.51. The van der Waals surface area contributed by atoms with E-state index in [1.165, 1.54) is 5.56 Å². The molecule has 0 saturated heterocycles. The van der Waals surface area contributed by atoms with Gasteiger partial charge >= 0.3 is 5.97 Å². The Balaban J connectivity index is 2.65. The first-order valence-electron chi connectivity index (χ1n) is 6.16. The number of hydrogen-bond acceptors (Lipinski definition) is 3. The van der Waals surface area contributed by atoms with Gasteiger partial charge in [0.15, 0.2) is 0 Å². The van der Waals surface area contributed by atoms with Crippen molar-refractivity contribution < 1.29 is 9.90 Å². The highest BCUT2D eigenvalue weighted by atomic mass is 32.2. The molecule has 0 saturated carbocycles. The molecular formula is C14H21NO2S. The minimum Gasteiger partial charge on any atom is -0.480 e. The molecule has 1 unspecified atom stereocenters. The van der Waals surface area contributed by atoms with Crippen molar-refractivity contribution in [1.29, 1.82) is 0 Å². The molecule has 0 amide bonds. The Hall–Kier alpha value is -1.00. The third kappa shape index (κ3) is 4.35. The first kappa shape index (κ1) is 15.1. The summed E-state index contributed by atoms with van der Waals surface area (Å²) in [6, 6.07) is 8.12. The van der Waals surface area contributed by atoms with Crippen molar-refractivity contribution in [1.82, 2.24) is 5.32 Å².